The van der Waals surface area contributed by atoms with Gasteiger partial charge < -0.3 is 10.8 Å². The molecule has 1 fully saturated rings. The maximum absolute atomic E-state index is 11.5. The number of primary amides is 1. The molecule has 1 saturated heterocycles. The first-order valence-corrected chi connectivity index (χ1v) is 8.07. The molecule has 0 unspecified atom stereocenters. The second kappa shape index (κ2) is 6.07. The average molecular weight is 334 g/mol. The molecule has 2 aromatic rings. The monoisotopic (exact) mass is 333 g/mol. The maximum Gasteiger partial charge on any atom is 0.250 e. The molecule has 0 saturated carbocycles. The molecule has 3 rings (SSSR count). The van der Waals surface area contributed by atoms with Crippen LogP contribution in [0.5, 0.6) is 0 Å². The minimum absolute atomic E-state index is 0.215. The van der Waals surface area contributed by atoms with Crippen LogP contribution < -0.4 is 5.73 Å². The van der Waals surface area contributed by atoms with E-state index in [-0.39, 0.29) is 6.54 Å². The van der Waals surface area contributed by atoms with Crippen molar-refractivity contribution in [3.05, 3.63) is 40.5 Å². The van der Waals surface area contributed by atoms with Crippen LogP contribution in [-0.4, -0.2) is 39.6 Å². The fourth-order valence-electron chi connectivity index (χ4n) is 3.19. The SMILES string of the molecule is Cc1c(Cl)c(CN2CCC[C@@](O)(C(N)=O)C2)nc2ccccc12. The number of hydrogen-bond donors (Lipinski definition) is 2. The molecule has 0 radical (unpaired) electrons. The number of aromatic nitrogens is 1. The molecule has 1 aromatic heterocycles. The van der Waals surface area contributed by atoms with Gasteiger partial charge in [-0.3, -0.25) is 9.69 Å². The van der Waals surface area contributed by atoms with Crippen molar-refractivity contribution in [1.82, 2.24) is 9.88 Å². The van der Waals surface area contributed by atoms with Crippen molar-refractivity contribution in [3.8, 4) is 0 Å². The second-order valence-corrected chi connectivity index (χ2v) is 6.60. The second-order valence-electron chi connectivity index (χ2n) is 6.22. The Morgan fingerprint density at radius 2 is 2.22 bits per heavy atom. The normalized spacial score (nSPS) is 22.4. The third kappa shape index (κ3) is 3.04. The topological polar surface area (TPSA) is 79.5 Å². The van der Waals surface area contributed by atoms with Gasteiger partial charge in [-0.05, 0) is 37.9 Å². The molecule has 2 heterocycles. The van der Waals surface area contributed by atoms with E-state index in [1.165, 1.54) is 0 Å². The summed E-state index contributed by atoms with van der Waals surface area (Å²) in [4.78, 5) is 18.1. The molecule has 1 amide bonds. The van der Waals surface area contributed by atoms with Crippen LogP contribution >= 0.6 is 11.6 Å². The Balaban J connectivity index is 1.90. The number of benzene rings is 1. The Labute approximate surface area is 140 Å². The molecule has 0 aliphatic carbocycles. The summed E-state index contributed by atoms with van der Waals surface area (Å²) in [6, 6.07) is 7.86. The maximum atomic E-state index is 11.5. The van der Waals surface area contributed by atoms with Gasteiger partial charge in [0.1, 0.15) is 0 Å². The van der Waals surface area contributed by atoms with Crippen LogP contribution in [0, 0.1) is 6.92 Å². The summed E-state index contributed by atoms with van der Waals surface area (Å²) >= 11 is 6.48. The number of halogens is 1. The van der Waals surface area contributed by atoms with Gasteiger partial charge in [0.25, 0.3) is 5.91 Å². The summed E-state index contributed by atoms with van der Waals surface area (Å²) in [7, 11) is 0. The van der Waals surface area contributed by atoms with E-state index < -0.39 is 11.5 Å². The number of β-amino-alcohol motifs (C(OH)–C–C–N with tert-alkyl or cyclic N) is 1. The molecule has 1 atom stereocenters. The smallest absolute Gasteiger partial charge is 0.250 e. The number of pyridine rings is 1. The zero-order valence-corrected chi connectivity index (χ0v) is 13.8. The van der Waals surface area contributed by atoms with E-state index in [2.05, 4.69) is 4.98 Å². The standard InChI is InChI=1S/C17H20ClN3O2/c1-11-12-5-2-3-6-13(12)20-14(15(11)18)9-21-8-4-7-17(23,10-21)16(19)22/h2-3,5-6,23H,4,7-10H2,1H3,(H2,19,22)/t17-/m0/s1. The fourth-order valence-corrected chi connectivity index (χ4v) is 3.40. The number of aliphatic hydroxyl groups is 1. The Morgan fingerprint density at radius 1 is 1.48 bits per heavy atom. The lowest BCUT2D eigenvalue weighted by Gasteiger charge is -2.37. The zero-order valence-electron chi connectivity index (χ0n) is 13.1. The van der Waals surface area contributed by atoms with E-state index in [0.717, 1.165) is 28.7 Å². The number of aryl methyl sites for hydroxylation is 1. The number of nitrogens with zero attached hydrogens (tertiary/aromatic N) is 2. The van der Waals surface area contributed by atoms with Crippen LogP contribution in [0.2, 0.25) is 5.02 Å². The van der Waals surface area contributed by atoms with Crippen LogP contribution in [0.15, 0.2) is 24.3 Å². The number of carbonyl (C=O) groups is 1. The molecule has 23 heavy (non-hydrogen) atoms. The average Bonchev–Trinajstić information content (AvgIpc) is 2.52. The molecule has 1 aliphatic rings. The Bertz CT molecular complexity index is 765. The molecule has 6 heteroatoms. The van der Waals surface area contributed by atoms with Crippen LogP contribution in [0.1, 0.15) is 24.1 Å². The largest absolute Gasteiger partial charge is 0.379 e. The van der Waals surface area contributed by atoms with Crippen molar-refractivity contribution < 1.29 is 9.90 Å². The van der Waals surface area contributed by atoms with E-state index in [1.54, 1.807) is 0 Å². The van der Waals surface area contributed by atoms with E-state index in [9.17, 15) is 9.90 Å². The minimum Gasteiger partial charge on any atom is -0.379 e. The highest BCUT2D eigenvalue weighted by atomic mass is 35.5. The number of fused-ring (bicyclic) bond motifs is 1. The number of nitrogens with two attached hydrogens (primary N) is 1. The predicted molar refractivity (Wildman–Crippen MR) is 90.1 cm³/mol. The van der Waals surface area contributed by atoms with Gasteiger partial charge in [0.15, 0.2) is 5.60 Å². The molecule has 1 aliphatic heterocycles. The quantitative estimate of drug-likeness (QED) is 0.900. The number of carbonyl (C=O) groups excluding carboxylic acids is 1. The lowest BCUT2D eigenvalue weighted by atomic mass is 9.92. The highest BCUT2D eigenvalue weighted by molar-refractivity contribution is 6.32. The van der Waals surface area contributed by atoms with Crippen molar-refractivity contribution in [2.45, 2.75) is 31.9 Å². The van der Waals surface area contributed by atoms with Gasteiger partial charge in [-0.25, -0.2) is 4.98 Å². The Hall–Kier alpha value is -1.69. The third-order valence-corrected chi connectivity index (χ3v) is 5.03. The van der Waals surface area contributed by atoms with Crippen LogP contribution in [0.25, 0.3) is 10.9 Å². The molecular weight excluding hydrogens is 314 g/mol. The van der Waals surface area contributed by atoms with E-state index in [0.29, 0.717) is 24.4 Å². The molecule has 0 bridgehead atoms. The number of para-hydroxylation sites is 1. The van der Waals surface area contributed by atoms with E-state index in [4.69, 9.17) is 17.3 Å². The van der Waals surface area contributed by atoms with Crippen molar-refractivity contribution in [3.63, 3.8) is 0 Å². The van der Waals surface area contributed by atoms with Crippen LogP contribution in [0.4, 0.5) is 0 Å². The first kappa shape index (κ1) is 16.2. The molecule has 0 spiro atoms. The van der Waals surface area contributed by atoms with Crippen molar-refractivity contribution in [2.24, 2.45) is 5.73 Å². The van der Waals surface area contributed by atoms with Gasteiger partial charge in [-0.1, -0.05) is 29.8 Å². The van der Waals surface area contributed by atoms with Crippen molar-refractivity contribution >= 4 is 28.4 Å². The molecular formula is C17H20ClN3O2. The first-order chi connectivity index (χ1) is 10.9. The third-order valence-electron chi connectivity index (χ3n) is 4.53. The molecule has 3 N–H and O–H groups in total. The predicted octanol–water partition coefficient (Wildman–Crippen LogP) is 2.01. The van der Waals surface area contributed by atoms with Gasteiger partial charge in [0, 0.05) is 18.5 Å². The summed E-state index contributed by atoms with van der Waals surface area (Å²) in [6.07, 6.45) is 1.11. The summed E-state index contributed by atoms with van der Waals surface area (Å²) in [5.74, 6) is -0.670. The number of piperidine rings is 1. The Morgan fingerprint density at radius 3 is 2.96 bits per heavy atom. The van der Waals surface area contributed by atoms with Crippen LogP contribution in [-0.2, 0) is 11.3 Å². The minimum atomic E-state index is -1.46. The highest BCUT2D eigenvalue weighted by Crippen LogP contribution is 2.29. The van der Waals surface area contributed by atoms with Gasteiger partial charge in [-0.15, -0.1) is 0 Å². The van der Waals surface area contributed by atoms with Crippen LogP contribution in [0.3, 0.4) is 0 Å². The lowest BCUT2D eigenvalue weighted by molar-refractivity contribution is -0.142. The number of amides is 1. The fraction of sp³-hybridized carbons (Fsp3) is 0.412. The number of rotatable bonds is 3. The summed E-state index contributed by atoms with van der Waals surface area (Å²) in [5.41, 5.74) is 6.52. The van der Waals surface area contributed by atoms with Gasteiger partial charge >= 0.3 is 0 Å². The summed E-state index contributed by atoms with van der Waals surface area (Å²) in [5, 5.41) is 12.0. The zero-order chi connectivity index (χ0) is 16.6. The number of likely N-dealkylation sites (tertiary alicyclic amines) is 1. The van der Waals surface area contributed by atoms with Gasteiger partial charge in [0.2, 0.25) is 0 Å². The molecule has 1 aromatic carbocycles. The Kier molecular flexibility index (Phi) is 4.27. The lowest BCUT2D eigenvalue weighted by Crippen LogP contribution is -2.55. The number of hydrogen-bond acceptors (Lipinski definition) is 4. The highest BCUT2D eigenvalue weighted by Gasteiger charge is 2.38. The van der Waals surface area contributed by atoms with Crippen molar-refractivity contribution in [2.75, 3.05) is 13.1 Å². The van der Waals surface area contributed by atoms with E-state index in [1.807, 2.05) is 36.1 Å². The van der Waals surface area contributed by atoms with Crippen molar-refractivity contribution in [1.29, 1.82) is 0 Å². The molecule has 5 nitrogen and oxygen atoms in total. The summed E-state index contributed by atoms with van der Waals surface area (Å²) in [6.45, 7) is 3.46. The molecule has 122 valence electrons. The first-order valence-electron chi connectivity index (χ1n) is 7.69. The van der Waals surface area contributed by atoms with E-state index >= 15 is 0 Å². The summed E-state index contributed by atoms with van der Waals surface area (Å²) < 4.78 is 0. The van der Waals surface area contributed by atoms with Gasteiger partial charge in [-0.2, -0.15) is 0 Å². The van der Waals surface area contributed by atoms with Gasteiger partial charge in [0.05, 0.1) is 16.2 Å².